The highest BCUT2D eigenvalue weighted by atomic mass is 32.1. The zero-order valence-corrected chi connectivity index (χ0v) is 30.1. The van der Waals surface area contributed by atoms with E-state index in [-0.39, 0.29) is 23.0 Å². The molecule has 0 unspecified atom stereocenters. The Hall–Kier alpha value is -4.98. The number of nitrogens with zero attached hydrogens (tertiary/aromatic N) is 4. The highest BCUT2D eigenvalue weighted by Gasteiger charge is 2.30. The number of ketones is 1. The molecule has 0 atom stereocenters. The lowest BCUT2D eigenvalue weighted by molar-refractivity contribution is -0.126. The minimum Gasteiger partial charge on any atom is -0.494 e. The molecule has 0 bridgehead atoms. The third-order valence-corrected chi connectivity index (χ3v) is 9.15. The van der Waals surface area contributed by atoms with Gasteiger partial charge in [-0.2, -0.15) is 5.26 Å². The van der Waals surface area contributed by atoms with Crippen LogP contribution in [0.3, 0.4) is 0 Å². The molecule has 3 aromatic heterocycles. The van der Waals surface area contributed by atoms with Crippen LogP contribution < -0.4 is 10.1 Å². The number of aromatic amines is 1. The molecule has 0 spiro atoms. The second kappa shape index (κ2) is 19.6. The van der Waals surface area contributed by atoms with Crippen LogP contribution in [0.5, 0.6) is 5.75 Å². The largest absolute Gasteiger partial charge is 0.494 e. The van der Waals surface area contributed by atoms with E-state index in [1.165, 1.54) is 24.4 Å². The first-order valence-electron chi connectivity index (χ1n) is 17.1. The van der Waals surface area contributed by atoms with E-state index in [9.17, 15) is 19.6 Å². The molecule has 0 radical (unpaired) electrons. The average molecular weight is 731 g/mol. The molecule has 4 aromatic rings. The number of ether oxygens (including phenoxy) is 5. The first-order chi connectivity index (χ1) is 25.5. The zero-order valence-electron chi connectivity index (χ0n) is 29.3. The van der Waals surface area contributed by atoms with Crippen molar-refractivity contribution in [1.82, 2.24) is 25.2 Å². The van der Waals surface area contributed by atoms with Crippen LogP contribution in [0, 0.1) is 11.3 Å². The van der Waals surface area contributed by atoms with Gasteiger partial charge in [-0.1, -0.05) is 30.3 Å². The fourth-order valence-electron chi connectivity index (χ4n) is 5.69. The van der Waals surface area contributed by atoms with Gasteiger partial charge in [0.25, 0.3) is 17.6 Å². The maximum atomic E-state index is 13.6. The lowest BCUT2D eigenvalue weighted by atomic mass is 9.93. The highest BCUT2D eigenvalue weighted by molar-refractivity contribution is 7.12. The van der Waals surface area contributed by atoms with E-state index in [0.29, 0.717) is 112 Å². The Morgan fingerprint density at radius 2 is 1.65 bits per heavy atom. The topological polar surface area (TPSA) is 178 Å². The van der Waals surface area contributed by atoms with E-state index in [1.807, 2.05) is 37.3 Å². The molecule has 52 heavy (non-hydrogen) atoms. The maximum Gasteiger partial charge on any atom is 0.295 e. The summed E-state index contributed by atoms with van der Waals surface area (Å²) < 4.78 is 27.1. The van der Waals surface area contributed by atoms with E-state index >= 15 is 0 Å². The van der Waals surface area contributed by atoms with Crippen LogP contribution in [0.15, 0.2) is 53.7 Å². The van der Waals surface area contributed by atoms with Crippen molar-refractivity contribution in [1.29, 1.82) is 5.26 Å². The van der Waals surface area contributed by atoms with E-state index in [1.54, 1.807) is 5.38 Å². The van der Waals surface area contributed by atoms with Gasteiger partial charge in [-0.3, -0.25) is 14.4 Å². The van der Waals surface area contributed by atoms with Crippen LogP contribution in [0.1, 0.15) is 45.5 Å². The Balaban J connectivity index is 1.15. The Bertz CT molecular complexity index is 1890. The predicted molar refractivity (Wildman–Crippen MR) is 194 cm³/mol. The number of Topliss-reactive ketones (excluding diaryl/α,β-unsaturated/α-hetero) is 1. The monoisotopic (exact) mass is 730 g/mol. The Kier molecular flexibility index (Phi) is 14.4. The van der Waals surface area contributed by atoms with Crippen molar-refractivity contribution in [3.05, 3.63) is 69.8 Å². The molecule has 1 fully saturated rings. The first kappa shape index (κ1) is 38.3. The molecule has 2 amide bonds. The number of aromatic nitrogens is 3. The van der Waals surface area contributed by atoms with Crippen LogP contribution in [0.25, 0.3) is 27.9 Å². The van der Waals surface area contributed by atoms with E-state index in [4.69, 9.17) is 23.7 Å². The zero-order chi connectivity index (χ0) is 36.7. The molecule has 1 aromatic carbocycles. The van der Waals surface area contributed by atoms with Crippen molar-refractivity contribution in [3.63, 3.8) is 0 Å². The number of benzene rings is 1. The van der Waals surface area contributed by atoms with Crippen molar-refractivity contribution >= 4 is 45.4 Å². The fourth-order valence-corrected chi connectivity index (χ4v) is 6.41. The quantitative estimate of drug-likeness (QED) is 0.0609. The van der Waals surface area contributed by atoms with Crippen molar-refractivity contribution in [3.8, 4) is 23.2 Å². The summed E-state index contributed by atoms with van der Waals surface area (Å²) in [6.45, 7) is 6.69. The van der Waals surface area contributed by atoms with Gasteiger partial charge in [0, 0.05) is 37.8 Å². The van der Waals surface area contributed by atoms with Gasteiger partial charge < -0.3 is 38.9 Å². The molecule has 4 heterocycles. The number of fused-ring (bicyclic) bond motifs is 1. The third-order valence-electron chi connectivity index (χ3n) is 8.31. The van der Waals surface area contributed by atoms with Gasteiger partial charge in [0.2, 0.25) is 0 Å². The summed E-state index contributed by atoms with van der Waals surface area (Å²) in [6.07, 6.45) is 3.93. The number of H-pyrrole nitrogens is 1. The molecular formula is C37H42N6O8S. The molecule has 1 aliphatic rings. The number of amides is 2. The summed E-state index contributed by atoms with van der Waals surface area (Å²) in [5, 5.41) is 14.9. The summed E-state index contributed by atoms with van der Waals surface area (Å²) in [4.78, 5) is 53.5. The molecule has 14 nitrogen and oxygen atoms in total. The summed E-state index contributed by atoms with van der Waals surface area (Å²) in [5.41, 5.74) is 3.84. The number of pyridine rings is 1. The SMILES string of the molecule is CCOCCOCCOCCOCCNC(=O)c1nc(-c2ncc(OC)c3c(C(=O)C(=O)N4CCC(=C(C#N)c5ccccc5)CC4)c[nH]c23)cs1. The fraction of sp³-hybridized carbons (Fsp3) is 0.405. The smallest absolute Gasteiger partial charge is 0.295 e. The number of nitriles is 1. The van der Waals surface area contributed by atoms with Crippen molar-refractivity contribution in [2.45, 2.75) is 19.8 Å². The number of allylic oxidation sites excluding steroid dienone is 1. The molecule has 15 heteroatoms. The molecule has 0 aliphatic carbocycles. The summed E-state index contributed by atoms with van der Waals surface area (Å²) in [7, 11) is 1.46. The number of hydrogen-bond donors (Lipinski definition) is 2. The van der Waals surface area contributed by atoms with Crippen LogP contribution >= 0.6 is 11.3 Å². The second-order valence-corrected chi connectivity index (χ2v) is 12.4. The van der Waals surface area contributed by atoms with Crippen LogP contribution in [-0.4, -0.2) is 117 Å². The van der Waals surface area contributed by atoms with Crippen molar-refractivity contribution in [2.75, 3.05) is 79.6 Å². The van der Waals surface area contributed by atoms with Crippen molar-refractivity contribution < 1.29 is 38.1 Å². The summed E-state index contributed by atoms with van der Waals surface area (Å²) in [5.74, 6) is -1.37. The number of carbonyl (C=O) groups is 3. The first-order valence-corrected chi connectivity index (χ1v) is 17.9. The van der Waals surface area contributed by atoms with Gasteiger partial charge in [0.1, 0.15) is 17.1 Å². The lowest BCUT2D eigenvalue weighted by Crippen LogP contribution is -2.40. The summed E-state index contributed by atoms with van der Waals surface area (Å²) in [6, 6.07) is 11.8. The van der Waals surface area contributed by atoms with Gasteiger partial charge in [0.15, 0.2) is 5.01 Å². The van der Waals surface area contributed by atoms with Gasteiger partial charge in [-0.25, -0.2) is 9.97 Å². The molecule has 1 aliphatic heterocycles. The van der Waals surface area contributed by atoms with E-state index in [2.05, 4.69) is 26.3 Å². The maximum absolute atomic E-state index is 13.6. The number of nitrogens with one attached hydrogen (secondary N) is 2. The molecule has 274 valence electrons. The minimum absolute atomic E-state index is 0.147. The van der Waals surface area contributed by atoms with Crippen LogP contribution in [0.4, 0.5) is 0 Å². The number of methoxy groups -OCH3 is 1. The van der Waals surface area contributed by atoms with E-state index in [0.717, 1.165) is 22.5 Å². The number of hydrogen-bond acceptors (Lipinski definition) is 12. The number of thiazole rings is 1. The second-order valence-electron chi connectivity index (χ2n) is 11.5. The lowest BCUT2D eigenvalue weighted by Gasteiger charge is -2.28. The number of likely N-dealkylation sites (tertiary alicyclic amines) is 1. The average Bonchev–Trinajstić information content (AvgIpc) is 3.86. The Morgan fingerprint density at radius 1 is 0.981 bits per heavy atom. The van der Waals surface area contributed by atoms with Gasteiger partial charge in [0.05, 0.1) is 87.7 Å². The number of carbonyl (C=O) groups excluding carboxylic acids is 3. The third kappa shape index (κ3) is 9.66. The van der Waals surface area contributed by atoms with Gasteiger partial charge >= 0.3 is 0 Å². The van der Waals surface area contributed by atoms with Gasteiger partial charge in [-0.15, -0.1) is 11.3 Å². The normalized spacial score (nSPS) is 12.9. The molecule has 1 saturated heterocycles. The molecular weight excluding hydrogens is 689 g/mol. The minimum atomic E-state index is -0.688. The Labute approximate surface area is 305 Å². The number of rotatable bonds is 19. The standard InChI is InChI=1S/C37H42N6O8S/c1-3-48-15-16-50-19-20-51-18-17-49-14-11-39-35(45)36-42-29(24-52-36)32-33-31(30(47-2)23-41-32)28(22-40-33)34(44)37(46)43-12-9-26(10-13-43)27(21-38)25-7-5-4-6-8-25/h4-8,22-24,40H,3,9-20H2,1-2H3,(H,39,45). The predicted octanol–water partition coefficient (Wildman–Crippen LogP) is 4.29. The van der Waals surface area contributed by atoms with E-state index < -0.39 is 11.7 Å². The Morgan fingerprint density at radius 3 is 2.31 bits per heavy atom. The van der Waals surface area contributed by atoms with Crippen LogP contribution in [-0.2, 0) is 23.7 Å². The van der Waals surface area contributed by atoms with Gasteiger partial charge in [-0.05, 0) is 30.9 Å². The summed E-state index contributed by atoms with van der Waals surface area (Å²) >= 11 is 1.16. The number of piperidine rings is 1. The van der Waals surface area contributed by atoms with Crippen LogP contribution in [0.2, 0.25) is 0 Å². The molecule has 5 rings (SSSR count). The molecule has 2 N–H and O–H groups in total. The molecule has 0 saturated carbocycles. The highest BCUT2D eigenvalue weighted by Crippen LogP contribution is 2.35. The van der Waals surface area contributed by atoms with Crippen molar-refractivity contribution in [2.24, 2.45) is 0 Å².